The second-order valence-electron chi connectivity index (χ2n) is 3.21. The number of hydrogen-bond acceptors (Lipinski definition) is 4. The molecule has 0 atom stereocenters. The number of nitrogens with one attached hydrogen (secondary N) is 2. The van der Waals surface area contributed by atoms with Crippen molar-refractivity contribution >= 4 is 10.0 Å². The van der Waals surface area contributed by atoms with Gasteiger partial charge in [-0.2, -0.15) is 0 Å². The first-order valence-corrected chi connectivity index (χ1v) is 5.62. The Morgan fingerprint density at radius 3 is 2.86 bits per heavy atom. The van der Waals surface area contributed by atoms with Crippen LogP contribution in [0.2, 0.25) is 0 Å². The van der Waals surface area contributed by atoms with Crippen molar-refractivity contribution in [2.75, 3.05) is 6.61 Å². The van der Waals surface area contributed by atoms with E-state index in [1.807, 2.05) is 18.7 Å². The number of rotatable bonds is 5. The lowest BCUT2D eigenvalue weighted by atomic mass is 10.2. The molecular formula is C7H13N3O3S. The molecule has 7 heteroatoms. The lowest BCUT2D eigenvalue weighted by Crippen LogP contribution is -2.26. The van der Waals surface area contributed by atoms with E-state index < -0.39 is 10.0 Å². The summed E-state index contributed by atoms with van der Waals surface area (Å²) in [5, 5.41) is -0.0127. The molecular weight excluding hydrogens is 206 g/mol. The third-order valence-corrected chi connectivity index (χ3v) is 2.49. The van der Waals surface area contributed by atoms with E-state index in [9.17, 15) is 8.42 Å². The third-order valence-electron chi connectivity index (χ3n) is 1.35. The molecule has 0 aliphatic heterocycles. The Bertz CT molecular complexity index is 358. The number of H-pyrrole nitrogens is 1. The quantitative estimate of drug-likeness (QED) is 0.696. The van der Waals surface area contributed by atoms with E-state index in [0.29, 0.717) is 6.61 Å². The minimum atomic E-state index is -3.60. The fourth-order valence-electron chi connectivity index (χ4n) is 0.713. The molecule has 0 amide bonds. The van der Waals surface area contributed by atoms with Gasteiger partial charge in [-0.05, 0) is 5.92 Å². The highest BCUT2D eigenvalue weighted by Crippen LogP contribution is 2.02. The van der Waals surface area contributed by atoms with Crippen molar-refractivity contribution in [2.45, 2.75) is 18.9 Å². The lowest BCUT2D eigenvalue weighted by Gasteiger charge is -2.06. The smallest absolute Gasteiger partial charge is 0.279 e. The normalized spacial score (nSPS) is 12.2. The monoisotopic (exact) mass is 219 g/mol. The van der Waals surface area contributed by atoms with E-state index in [1.165, 1.54) is 12.5 Å². The van der Waals surface area contributed by atoms with E-state index in [4.69, 9.17) is 4.84 Å². The van der Waals surface area contributed by atoms with Crippen molar-refractivity contribution in [1.29, 1.82) is 0 Å². The van der Waals surface area contributed by atoms with Crippen LogP contribution in [-0.4, -0.2) is 25.0 Å². The van der Waals surface area contributed by atoms with Crippen molar-refractivity contribution < 1.29 is 13.3 Å². The zero-order valence-corrected chi connectivity index (χ0v) is 8.84. The van der Waals surface area contributed by atoms with Crippen LogP contribution in [0.3, 0.4) is 0 Å². The summed E-state index contributed by atoms with van der Waals surface area (Å²) in [6, 6.07) is 0. The molecule has 1 aromatic rings. The number of sulfonamides is 1. The van der Waals surface area contributed by atoms with Gasteiger partial charge >= 0.3 is 0 Å². The third kappa shape index (κ3) is 3.09. The van der Waals surface area contributed by atoms with Crippen LogP contribution in [0.1, 0.15) is 13.8 Å². The summed E-state index contributed by atoms with van der Waals surface area (Å²) in [4.78, 5) is 12.9. The molecule has 0 fully saturated rings. The number of aromatic amines is 1. The van der Waals surface area contributed by atoms with Crippen LogP contribution in [0.5, 0.6) is 0 Å². The number of aromatic nitrogens is 2. The topological polar surface area (TPSA) is 84.1 Å². The lowest BCUT2D eigenvalue weighted by molar-refractivity contribution is 0.0717. The largest absolute Gasteiger partial charge is 0.335 e. The van der Waals surface area contributed by atoms with E-state index in [2.05, 4.69) is 9.97 Å². The molecule has 0 radical (unpaired) electrons. The van der Waals surface area contributed by atoms with E-state index in [1.54, 1.807) is 0 Å². The highest BCUT2D eigenvalue weighted by atomic mass is 32.2. The van der Waals surface area contributed by atoms with Gasteiger partial charge in [-0.15, -0.1) is 0 Å². The first-order valence-electron chi connectivity index (χ1n) is 4.14. The Balaban J connectivity index is 2.52. The maximum atomic E-state index is 11.4. The Morgan fingerprint density at radius 2 is 2.36 bits per heavy atom. The fraction of sp³-hybridized carbons (Fsp3) is 0.571. The minimum absolute atomic E-state index is 0.0127. The number of hydrogen-bond donors (Lipinski definition) is 2. The minimum Gasteiger partial charge on any atom is -0.335 e. The van der Waals surface area contributed by atoms with Crippen LogP contribution < -0.4 is 4.89 Å². The molecule has 0 aromatic carbocycles. The molecule has 1 rings (SSSR count). The van der Waals surface area contributed by atoms with Gasteiger partial charge in [0.1, 0.15) is 0 Å². The standard InChI is InChI=1S/C7H13N3O3S/c1-6(2)4-13-10-14(11,12)7-3-8-5-9-7/h3,5-6,10H,4H2,1-2H3,(H,8,9). The predicted octanol–water partition coefficient (Wildman–Crippen LogP) is 0.276. The molecule has 14 heavy (non-hydrogen) atoms. The first-order chi connectivity index (χ1) is 6.52. The van der Waals surface area contributed by atoms with Gasteiger partial charge in [0.05, 0.1) is 19.1 Å². The van der Waals surface area contributed by atoms with Gasteiger partial charge in [-0.3, -0.25) is 4.84 Å². The van der Waals surface area contributed by atoms with Crippen LogP contribution >= 0.6 is 0 Å². The van der Waals surface area contributed by atoms with Gasteiger partial charge in [0.15, 0.2) is 5.03 Å². The van der Waals surface area contributed by atoms with Crippen molar-refractivity contribution in [2.24, 2.45) is 5.92 Å². The first kappa shape index (κ1) is 11.2. The van der Waals surface area contributed by atoms with Crippen LogP contribution in [-0.2, 0) is 14.9 Å². The molecule has 0 bridgehead atoms. The molecule has 2 N–H and O–H groups in total. The van der Waals surface area contributed by atoms with Crippen molar-refractivity contribution in [3.05, 3.63) is 12.5 Å². The summed E-state index contributed by atoms with van der Waals surface area (Å²) < 4.78 is 22.7. The molecule has 0 aliphatic carbocycles. The molecule has 0 spiro atoms. The summed E-state index contributed by atoms with van der Waals surface area (Å²) in [7, 11) is -3.60. The molecule has 0 unspecified atom stereocenters. The van der Waals surface area contributed by atoms with Gasteiger partial charge in [-0.25, -0.2) is 13.4 Å². The summed E-state index contributed by atoms with van der Waals surface area (Å²) in [5.74, 6) is 0.263. The van der Waals surface area contributed by atoms with Crippen LogP contribution in [0.25, 0.3) is 0 Å². The summed E-state index contributed by atoms with van der Waals surface area (Å²) >= 11 is 0. The summed E-state index contributed by atoms with van der Waals surface area (Å²) in [6.45, 7) is 4.17. The van der Waals surface area contributed by atoms with Crippen molar-refractivity contribution in [1.82, 2.24) is 14.9 Å². The van der Waals surface area contributed by atoms with Gasteiger partial charge in [-0.1, -0.05) is 18.7 Å². The molecule has 80 valence electrons. The highest BCUT2D eigenvalue weighted by molar-refractivity contribution is 7.89. The molecule has 0 saturated heterocycles. The van der Waals surface area contributed by atoms with E-state index >= 15 is 0 Å². The van der Waals surface area contributed by atoms with Crippen molar-refractivity contribution in [3.63, 3.8) is 0 Å². The zero-order chi connectivity index (χ0) is 10.6. The highest BCUT2D eigenvalue weighted by Gasteiger charge is 2.15. The van der Waals surface area contributed by atoms with Crippen LogP contribution in [0.15, 0.2) is 17.6 Å². The average molecular weight is 219 g/mol. The Hall–Kier alpha value is -0.920. The maximum Gasteiger partial charge on any atom is 0.279 e. The van der Waals surface area contributed by atoms with Gasteiger partial charge < -0.3 is 4.98 Å². The zero-order valence-electron chi connectivity index (χ0n) is 8.02. The molecule has 1 heterocycles. The average Bonchev–Trinajstić information content (AvgIpc) is 2.54. The van der Waals surface area contributed by atoms with Gasteiger partial charge in [0.2, 0.25) is 0 Å². The summed E-state index contributed by atoms with van der Waals surface area (Å²) in [5.41, 5.74) is 0. The predicted molar refractivity (Wildman–Crippen MR) is 49.7 cm³/mol. The van der Waals surface area contributed by atoms with E-state index in [-0.39, 0.29) is 10.9 Å². The van der Waals surface area contributed by atoms with Crippen LogP contribution in [0, 0.1) is 5.92 Å². The van der Waals surface area contributed by atoms with Crippen LogP contribution in [0.4, 0.5) is 0 Å². The number of imidazole rings is 1. The second-order valence-corrected chi connectivity index (χ2v) is 4.82. The van der Waals surface area contributed by atoms with Gasteiger partial charge in [0, 0.05) is 0 Å². The number of nitrogens with zero attached hydrogens (tertiary/aromatic N) is 1. The Labute approximate surface area is 82.7 Å². The Morgan fingerprint density at radius 1 is 1.64 bits per heavy atom. The van der Waals surface area contributed by atoms with E-state index in [0.717, 1.165) is 0 Å². The summed E-state index contributed by atoms with van der Waals surface area (Å²) in [6.07, 6.45) is 2.50. The maximum absolute atomic E-state index is 11.4. The molecule has 1 aromatic heterocycles. The Kier molecular flexibility index (Phi) is 3.62. The van der Waals surface area contributed by atoms with Gasteiger partial charge in [0.25, 0.3) is 10.0 Å². The second kappa shape index (κ2) is 4.54. The van der Waals surface area contributed by atoms with Crippen molar-refractivity contribution in [3.8, 4) is 0 Å². The SMILES string of the molecule is CC(C)CONS(=O)(=O)c1cnc[nH]1. The molecule has 0 saturated carbocycles. The molecule has 6 nitrogen and oxygen atoms in total. The molecule has 0 aliphatic rings. The fourth-order valence-corrected chi connectivity index (χ4v) is 1.43.